The zero-order chi connectivity index (χ0) is 15.2. The number of hydrogen-bond donors (Lipinski definition) is 1. The topological polar surface area (TPSA) is 28.2 Å². The quantitative estimate of drug-likeness (QED) is 0.764. The highest BCUT2D eigenvalue weighted by atomic mass is 15.2. The van der Waals surface area contributed by atoms with E-state index in [0.717, 1.165) is 25.3 Å². The lowest BCUT2D eigenvalue weighted by Crippen LogP contribution is -2.42. The van der Waals surface area contributed by atoms with Crippen molar-refractivity contribution in [1.82, 2.24) is 10.3 Å². The smallest absolute Gasteiger partial charge is 0.129 e. The minimum absolute atomic E-state index is 0.0365. The van der Waals surface area contributed by atoms with Crippen LogP contribution < -0.4 is 10.2 Å². The fraction of sp³-hybridized carbons (Fsp3) is 0.588. The predicted octanol–water partition coefficient (Wildman–Crippen LogP) is 3.93. The van der Waals surface area contributed by atoms with Gasteiger partial charge in [0.05, 0.1) is 0 Å². The molecular weight excluding hydrogens is 246 g/mol. The fourth-order valence-electron chi connectivity index (χ4n) is 2.13. The summed E-state index contributed by atoms with van der Waals surface area (Å²) in [6, 6.07) is 4.62. The van der Waals surface area contributed by atoms with Crippen LogP contribution in [0.1, 0.15) is 52.6 Å². The van der Waals surface area contributed by atoms with Crippen LogP contribution in [0.5, 0.6) is 0 Å². The minimum atomic E-state index is 0.0365. The SMILES string of the molecule is C=CCN(c1ccc(C(C)NCCC)cn1)C(C)(C)C. The lowest BCUT2D eigenvalue weighted by atomic mass is 10.1. The van der Waals surface area contributed by atoms with Gasteiger partial charge >= 0.3 is 0 Å². The molecular formula is C17H29N3. The zero-order valence-electron chi connectivity index (χ0n) is 13.6. The van der Waals surface area contributed by atoms with E-state index in [2.05, 4.69) is 68.5 Å². The van der Waals surface area contributed by atoms with Crippen LogP contribution in [0.3, 0.4) is 0 Å². The molecule has 1 aromatic rings. The van der Waals surface area contributed by atoms with Crippen molar-refractivity contribution in [2.75, 3.05) is 18.0 Å². The number of pyridine rings is 1. The van der Waals surface area contributed by atoms with Gasteiger partial charge in [0.1, 0.15) is 5.82 Å². The fourth-order valence-corrected chi connectivity index (χ4v) is 2.13. The summed E-state index contributed by atoms with van der Waals surface area (Å²) < 4.78 is 0. The van der Waals surface area contributed by atoms with Crippen LogP contribution in [-0.2, 0) is 0 Å². The van der Waals surface area contributed by atoms with E-state index in [1.54, 1.807) is 0 Å². The molecule has 0 spiro atoms. The number of hydrogen-bond acceptors (Lipinski definition) is 3. The Hall–Kier alpha value is -1.35. The van der Waals surface area contributed by atoms with Crippen molar-refractivity contribution < 1.29 is 0 Å². The van der Waals surface area contributed by atoms with Gasteiger partial charge in [-0.2, -0.15) is 0 Å². The van der Waals surface area contributed by atoms with E-state index in [1.807, 2.05) is 12.3 Å². The third kappa shape index (κ3) is 4.64. The van der Waals surface area contributed by atoms with Crippen molar-refractivity contribution in [1.29, 1.82) is 0 Å². The molecule has 0 aromatic carbocycles. The van der Waals surface area contributed by atoms with Crippen LogP contribution in [0.4, 0.5) is 5.82 Å². The van der Waals surface area contributed by atoms with E-state index in [4.69, 9.17) is 0 Å². The first-order valence-corrected chi connectivity index (χ1v) is 7.48. The average molecular weight is 275 g/mol. The molecule has 0 amide bonds. The molecule has 0 radical (unpaired) electrons. The molecule has 0 aliphatic rings. The normalized spacial score (nSPS) is 13.1. The maximum absolute atomic E-state index is 4.63. The monoisotopic (exact) mass is 275 g/mol. The molecule has 1 heterocycles. The van der Waals surface area contributed by atoms with E-state index in [9.17, 15) is 0 Å². The van der Waals surface area contributed by atoms with E-state index in [1.165, 1.54) is 5.56 Å². The molecule has 0 aliphatic heterocycles. The highest BCUT2D eigenvalue weighted by Crippen LogP contribution is 2.23. The molecule has 112 valence electrons. The average Bonchev–Trinajstić information content (AvgIpc) is 2.41. The molecule has 3 nitrogen and oxygen atoms in total. The van der Waals surface area contributed by atoms with Crippen molar-refractivity contribution in [2.24, 2.45) is 0 Å². The summed E-state index contributed by atoms with van der Waals surface area (Å²) in [5.74, 6) is 1.00. The molecule has 0 saturated carbocycles. The number of nitrogens with zero attached hydrogens (tertiary/aromatic N) is 2. The summed E-state index contributed by atoms with van der Waals surface area (Å²) in [6.07, 6.45) is 5.05. The third-order valence-corrected chi connectivity index (χ3v) is 3.37. The summed E-state index contributed by atoms with van der Waals surface area (Å²) in [7, 11) is 0. The highest BCUT2D eigenvalue weighted by Gasteiger charge is 2.21. The Balaban J connectivity index is 2.85. The van der Waals surface area contributed by atoms with E-state index >= 15 is 0 Å². The van der Waals surface area contributed by atoms with Crippen LogP contribution in [0, 0.1) is 0 Å². The first kappa shape index (κ1) is 16.7. The first-order valence-electron chi connectivity index (χ1n) is 7.48. The second-order valence-corrected chi connectivity index (χ2v) is 6.20. The van der Waals surface area contributed by atoms with Gasteiger partial charge in [-0.15, -0.1) is 6.58 Å². The first-order chi connectivity index (χ1) is 9.40. The Bertz CT molecular complexity index is 403. The molecule has 1 aromatic heterocycles. The number of nitrogens with one attached hydrogen (secondary N) is 1. The molecule has 0 saturated heterocycles. The second-order valence-electron chi connectivity index (χ2n) is 6.20. The molecule has 0 aliphatic carbocycles. The van der Waals surface area contributed by atoms with Crippen LogP contribution in [0.15, 0.2) is 31.0 Å². The summed E-state index contributed by atoms with van der Waals surface area (Å²) in [6.45, 7) is 16.6. The largest absolute Gasteiger partial charge is 0.348 e. The van der Waals surface area contributed by atoms with E-state index < -0.39 is 0 Å². The van der Waals surface area contributed by atoms with Crippen LogP contribution >= 0.6 is 0 Å². The van der Waals surface area contributed by atoms with Crippen molar-refractivity contribution in [3.63, 3.8) is 0 Å². The second kappa shape index (κ2) is 7.44. The summed E-state index contributed by atoms with van der Waals surface area (Å²) in [5.41, 5.74) is 1.27. The molecule has 1 rings (SSSR count). The van der Waals surface area contributed by atoms with Gasteiger partial charge in [-0.1, -0.05) is 19.1 Å². The van der Waals surface area contributed by atoms with Gasteiger partial charge in [-0.3, -0.25) is 0 Å². The number of rotatable bonds is 7. The molecule has 0 bridgehead atoms. The van der Waals surface area contributed by atoms with Gasteiger partial charge in [0.25, 0.3) is 0 Å². The molecule has 20 heavy (non-hydrogen) atoms. The lowest BCUT2D eigenvalue weighted by Gasteiger charge is -2.36. The summed E-state index contributed by atoms with van der Waals surface area (Å²) in [4.78, 5) is 6.89. The zero-order valence-corrected chi connectivity index (χ0v) is 13.6. The third-order valence-electron chi connectivity index (χ3n) is 3.37. The summed E-state index contributed by atoms with van der Waals surface area (Å²) >= 11 is 0. The van der Waals surface area contributed by atoms with Crippen molar-refractivity contribution in [2.45, 2.75) is 52.6 Å². The summed E-state index contributed by atoms with van der Waals surface area (Å²) in [5, 5.41) is 3.48. The molecule has 0 fully saturated rings. The van der Waals surface area contributed by atoms with Gasteiger partial charge in [0.15, 0.2) is 0 Å². The van der Waals surface area contributed by atoms with Crippen LogP contribution in [0.25, 0.3) is 0 Å². The van der Waals surface area contributed by atoms with E-state index in [0.29, 0.717) is 6.04 Å². The maximum atomic E-state index is 4.63. The molecule has 3 heteroatoms. The Morgan fingerprint density at radius 1 is 1.40 bits per heavy atom. The predicted molar refractivity (Wildman–Crippen MR) is 88.2 cm³/mol. The molecule has 1 atom stereocenters. The molecule has 1 unspecified atom stereocenters. The lowest BCUT2D eigenvalue weighted by molar-refractivity contribution is 0.516. The van der Waals surface area contributed by atoms with Gasteiger partial charge in [-0.05, 0) is 52.3 Å². The van der Waals surface area contributed by atoms with Gasteiger partial charge in [0.2, 0.25) is 0 Å². The Morgan fingerprint density at radius 2 is 2.10 bits per heavy atom. The Morgan fingerprint density at radius 3 is 2.55 bits per heavy atom. The number of aromatic nitrogens is 1. The Labute approximate surface area is 124 Å². The van der Waals surface area contributed by atoms with Gasteiger partial charge < -0.3 is 10.2 Å². The number of anilines is 1. The van der Waals surface area contributed by atoms with Crippen molar-refractivity contribution >= 4 is 5.82 Å². The van der Waals surface area contributed by atoms with Crippen molar-refractivity contribution in [3.8, 4) is 0 Å². The standard InChI is InChI=1S/C17H29N3/c1-7-11-18-14(3)15-9-10-16(19-13-15)20(12-8-2)17(4,5)6/h8-10,13-14,18H,2,7,11-12H2,1,3-6H3. The Kier molecular flexibility index (Phi) is 6.21. The van der Waals surface area contributed by atoms with Crippen molar-refractivity contribution in [3.05, 3.63) is 36.5 Å². The van der Waals surface area contributed by atoms with E-state index in [-0.39, 0.29) is 5.54 Å². The van der Waals surface area contributed by atoms with Crippen LogP contribution in [0.2, 0.25) is 0 Å². The van der Waals surface area contributed by atoms with Gasteiger partial charge in [0, 0.05) is 24.3 Å². The minimum Gasteiger partial charge on any atom is -0.348 e. The van der Waals surface area contributed by atoms with Gasteiger partial charge in [-0.25, -0.2) is 4.98 Å². The van der Waals surface area contributed by atoms with Crippen LogP contribution in [-0.4, -0.2) is 23.6 Å². The highest BCUT2D eigenvalue weighted by molar-refractivity contribution is 5.43. The maximum Gasteiger partial charge on any atom is 0.129 e. The molecule has 1 N–H and O–H groups in total.